The maximum absolute atomic E-state index is 13.1. The SMILES string of the molecule is CCC(NC(=O)c1cc(C(=O)NCC2CC2)n2c1COCC2)c1ccccc1Cl. The Bertz CT molecular complexity index is 920. The van der Waals surface area contributed by atoms with Gasteiger partial charge < -0.3 is 19.9 Å². The summed E-state index contributed by atoms with van der Waals surface area (Å²) in [6.07, 6.45) is 3.06. The first-order valence-electron chi connectivity index (χ1n) is 10.2. The van der Waals surface area contributed by atoms with Crippen molar-refractivity contribution in [2.75, 3.05) is 13.2 Å². The fourth-order valence-electron chi connectivity index (χ4n) is 3.75. The van der Waals surface area contributed by atoms with Crippen LogP contribution in [-0.4, -0.2) is 29.5 Å². The van der Waals surface area contributed by atoms with Crippen LogP contribution in [0.5, 0.6) is 0 Å². The molecule has 0 saturated heterocycles. The predicted molar refractivity (Wildman–Crippen MR) is 111 cm³/mol. The third kappa shape index (κ3) is 4.33. The first kappa shape index (κ1) is 20.0. The minimum atomic E-state index is -0.215. The molecule has 0 radical (unpaired) electrons. The summed E-state index contributed by atoms with van der Waals surface area (Å²) in [4.78, 5) is 25.8. The Labute approximate surface area is 175 Å². The Hall–Kier alpha value is -2.31. The molecule has 6 nitrogen and oxygen atoms in total. The van der Waals surface area contributed by atoms with Gasteiger partial charge in [-0.3, -0.25) is 9.59 Å². The van der Waals surface area contributed by atoms with Gasteiger partial charge in [0, 0.05) is 18.1 Å². The van der Waals surface area contributed by atoms with Crippen molar-refractivity contribution in [3.8, 4) is 0 Å². The molecule has 7 heteroatoms. The van der Waals surface area contributed by atoms with E-state index in [2.05, 4.69) is 10.6 Å². The molecule has 1 aromatic carbocycles. The number of hydrogen-bond acceptors (Lipinski definition) is 3. The third-order valence-corrected chi connectivity index (χ3v) is 5.97. The maximum atomic E-state index is 13.1. The third-order valence-electron chi connectivity index (χ3n) is 5.63. The van der Waals surface area contributed by atoms with Crippen molar-refractivity contribution in [1.82, 2.24) is 15.2 Å². The largest absolute Gasteiger partial charge is 0.373 e. The molecular formula is C22H26ClN3O3. The molecule has 1 aliphatic carbocycles. The van der Waals surface area contributed by atoms with E-state index in [1.54, 1.807) is 6.07 Å². The highest BCUT2D eigenvalue weighted by molar-refractivity contribution is 6.31. The summed E-state index contributed by atoms with van der Waals surface area (Å²) in [5.41, 5.74) is 2.66. The van der Waals surface area contributed by atoms with Crippen LogP contribution in [0.15, 0.2) is 30.3 Å². The zero-order valence-corrected chi connectivity index (χ0v) is 17.3. The van der Waals surface area contributed by atoms with Gasteiger partial charge in [-0.2, -0.15) is 0 Å². The van der Waals surface area contributed by atoms with E-state index in [1.807, 2.05) is 35.8 Å². The van der Waals surface area contributed by atoms with E-state index in [0.29, 0.717) is 54.9 Å². The molecule has 2 N–H and O–H groups in total. The normalized spacial score (nSPS) is 16.8. The average Bonchev–Trinajstić information content (AvgIpc) is 3.49. The quantitative estimate of drug-likeness (QED) is 0.724. The number of halogens is 1. The number of benzene rings is 1. The zero-order valence-electron chi connectivity index (χ0n) is 16.5. The van der Waals surface area contributed by atoms with Gasteiger partial charge in [0.1, 0.15) is 5.69 Å². The first-order chi connectivity index (χ1) is 14.1. The lowest BCUT2D eigenvalue weighted by Gasteiger charge is -2.21. The fourth-order valence-corrected chi connectivity index (χ4v) is 4.02. The van der Waals surface area contributed by atoms with Gasteiger partial charge in [0.05, 0.1) is 30.5 Å². The van der Waals surface area contributed by atoms with E-state index in [-0.39, 0.29) is 17.9 Å². The van der Waals surface area contributed by atoms with Crippen molar-refractivity contribution in [2.45, 2.75) is 45.4 Å². The van der Waals surface area contributed by atoms with E-state index in [9.17, 15) is 9.59 Å². The summed E-state index contributed by atoms with van der Waals surface area (Å²) in [5.74, 6) is 0.256. The Morgan fingerprint density at radius 1 is 1.28 bits per heavy atom. The molecule has 2 heterocycles. The zero-order chi connectivity index (χ0) is 20.4. The van der Waals surface area contributed by atoms with Gasteiger partial charge in [-0.05, 0) is 42.9 Å². The molecule has 1 atom stereocenters. The second kappa shape index (κ2) is 8.59. The van der Waals surface area contributed by atoms with Gasteiger partial charge in [-0.25, -0.2) is 0 Å². The van der Waals surface area contributed by atoms with Crippen molar-refractivity contribution >= 4 is 23.4 Å². The Kier molecular flexibility index (Phi) is 5.92. The standard InChI is InChI=1S/C22H26ClN3O3/c1-2-18(15-5-3-4-6-17(15)23)25-21(27)16-11-19(22(28)24-12-14-7-8-14)26-9-10-29-13-20(16)26/h3-6,11,14,18H,2,7-10,12-13H2,1H3,(H,24,28)(H,25,27). The molecule has 1 fully saturated rings. The van der Waals surface area contributed by atoms with Gasteiger partial charge in [0.15, 0.2) is 0 Å². The maximum Gasteiger partial charge on any atom is 0.267 e. The lowest BCUT2D eigenvalue weighted by atomic mass is 10.0. The molecule has 1 unspecified atom stereocenters. The lowest BCUT2D eigenvalue weighted by molar-refractivity contribution is 0.0776. The van der Waals surface area contributed by atoms with E-state index in [0.717, 1.165) is 11.3 Å². The summed E-state index contributed by atoms with van der Waals surface area (Å²) in [6, 6.07) is 9.01. The van der Waals surface area contributed by atoms with Crippen LogP contribution in [0.3, 0.4) is 0 Å². The van der Waals surface area contributed by atoms with Gasteiger partial charge in [-0.15, -0.1) is 0 Å². The van der Waals surface area contributed by atoms with Crippen molar-refractivity contribution in [3.63, 3.8) is 0 Å². The summed E-state index contributed by atoms with van der Waals surface area (Å²) >= 11 is 6.33. The van der Waals surface area contributed by atoms with Gasteiger partial charge in [-0.1, -0.05) is 36.7 Å². The van der Waals surface area contributed by atoms with Crippen molar-refractivity contribution in [2.24, 2.45) is 5.92 Å². The number of nitrogens with one attached hydrogen (secondary N) is 2. The number of rotatable bonds is 7. The molecule has 4 rings (SSSR count). The number of amides is 2. The van der Waals surface area contributed by atoms with Crippen LogP contribution in [0.25, 0.3) is 0 Å². The van der Waals surface area contributed by atoms with Crippen LogP contribution in [0, 0.1) is 5.92 Å². The molecule has 0 bridgehead atoms. The monoisotopic (exact) mass is 415 g/mol. The molecule has 29 heavy (non-hydrogen) atoms. The van der Waals surface area contributed by atoms with Crippen LogP contribution >= 0.6 is 11.6 Å². The van der Waals surface area contributed by atoms with Crippen LogP contribution in [-0.2, 0) is 17.9 Å². The van der Waals surface area contributed by atoms with E-state index in [1.165, 1.54) is 12.8 Å². The minimum Gasteiger partial charge on any atom is -0.373 e. The highest BCUT2D eigenvalue weighted by Crippen LogP contribution is 2.29. The van der Waals surface area contributed by atoms with E-state index in [4.69, 9.17) is 16.3 Å². The fraction of sp³-hybridized carbons (Fsp3) is 0.455. The minimum absolute atomic E-state index is 0.128. The average molecular weight is 416 g/mol. The Balaban J connectivity index is 1.57. The molecule has 0 spiro atoms. The van der Waals surface area contributed by atoms with Crippen LogP contribution in [0.4, 0.5) is 0 Å². The number of aromatic nitrogens is 1. The second-order valence-corrected chi connectivity index (χ2v) is 8.11. The molecule has 2 amide bonds. The van der Waals surface area contributed by atoms with Gasteiger partial charge in [0.2, 0.25) is 0 Å². The summed E-state index contributed by atoms with van der Waals surface area (Å²) in [7, 11) is 0. The summed E-state index contributed by atoms with van der Waals surface area (Å²) < 4.78 is 7.48. The van der Waals surface area contributed by atoms with Crippen LogP contribution < -0.4 is 10.6 Å². The number of fused-ring (bicyclic) bond motifs is 1. The Morgan fingerprint density at radius 3 is 2.79 bits per heavy atom. The summed E-state index contributed by atoms with van der Waals surface area (Å²) in [6.45, 7) is 4.12. The van der Waals surface area contributed by atoms with Crippen molar-refractivity contribution < 1.29 is 14.3 Å². The van der Waals surface area contributed by atoms with Crippen molar-refractivity contribution in [1.29, 1.82) is 0 Å². The highest BCUT2D eigenvalue weighted by atomic mass is 35.5. The molecule has 2 aliphatic rings. The molecular weight excluding hydrogens is 390 g/mol. The molecule has 2 aromatic rings. The Morgan fingerprint density at radius 2 is 2.07 bits per heavy atom. The lowest BCUT2D eigenvalue weighted by Crippen LogP contribution is -2.30. The second-order valence-electron chi connectivity index (χ2n) is 7.70. The summed E-state index contributed by atoms with van der Waals surface area (Å²) in [5, 5.41) is 6.70. The number of hydrogen-bond donors (Lipinski definition) is 2. The smallest absolute Gasteiger partial charge is 0.267 e. The number of carbonyl (C=O) groups is 2. The van der Waals surface area contributed by atoms with Crippen molar-refractivity contribution in [3.05, 3.63) is 57.9 Å². The number of nitrogens with zero attached hydrogens (tertiary/aromatic N) is 1. The van der Waals surface area contributed by atoms with E-state index < -0.39 is 0 Å². The predicted octanol–water partition coefficient (Wildman–Crippen LogP) is 3.69. The molecule has 1 aliphatic heterocycles. The molecule has 1 saturated carbocycles. The van der Waals surface area contributed by atoms with Gasteiger partial charge >= 0.3 is 0 Å². The number of ether oxygens (including phenoxy) is 1. The first-order valence-corrected chi connectivity index (χ1v) is 10.6. The molecule has 154 valence electrons. The topological polar surface area (TPSA) is 72.4 Å². The van der Waals surface area contributed by atoms with Crippen LogP contribution in [0.1, 0.15) is 64.3 Å². The van der Waals surface area contributed by atoms with Gasteiger partial charge in [0.25, 0.3) is 11.8 Å². The van der Waals surface area contributed by atoms with E-state index >= 15 is 0 Å². The number of carbonyl (C=O) groups excluding carboxylic acids is 2. The van der Waals surface area contributed by atoms with Crippen LogP contribution in [0.2, 0.25) is 5.02 Å². The highest BCUT2D eigenvalue weighted by Gasteiger charge is 2.28. The molecule has 1 aromatic heterocycles.